The van der Waals surface area contributed by atoms with Crippen molar-refractivity contribution in [2.24, 2.45) is 0 Å². The zero-order valence-electron chi connectivity index (χ0n) is 14.0. The van der Waals surface area contributed by atoms with Crippen molar-refractivity contribution in [1.29, 1.82) is 0 Å². The average molecular weight is 322 g/mol. The minimum absolute atomic E-state index is 0.165. The van der Waals surface area contributed by atoms with Crippen molar-refractivity contribution < 1.29 is 9.47 Å². The molecule has 3 rings (SSSR count). The Hall–Kier alpha value is -2.59. The first-order valence-corrected chi connectivity index (χ1v) is 8.18. The molecule has 1 aromatic heterocycles. The molecule has 124 valence electrons. The van der Waals surface area contributed by atoms with Crippen molar-refractivity contribution >= 4 is 0 Å². The molecule has 4 nitrogen and oxygen atoms in total. The molecule has 1 unspecified atom stereocenters. The molecule has 0 spiro atoms. The smallest absolute Gasteiger partial charge is 0.126 e. The highest BCUT2D eigenvalue weighted by atomic mass is 16.5. The van der Waals surface area contributed by atoms with Crippen LogP contribution in [0.3, 0.4) is 0 Å². The zero-order chi connectivity index (χ0) is 16.8. The Labute approximate surface area is 142 Å². The van der Waals surface area contributed by atoms with Crippen LogP contribution in [0.15, 0.2) is 60.7 Å². The third-order valence-electron chi connectivity index (χ3n) is 3.84. The van der Waals surface area contributed by atoms with Gasteiger partial charge in [0.15, 0.2) is 0 Å². The molecule has 3 aromatic rings. The van der Waals surface area contributed by atoms with Gasteiger partial charge in [0.2, 0.25) is 0 Å². The fraction of sp³-hybridized carbons (Fsp3) is 0.250. The van der Waals surface area contributed by atoms with Gasteiger partial charge in [0.25, 0.3) is 0 Å². The second-order valence-electron chi connectivity index (χ2n) is 5.60. The Balaban J connectivity index is 1.91. The van der Waals surface area contributed by atoms with Crippen LogP contribution in [0.1, 0.15) is 30.7 Å². The summed E-state index contributed by atoms with van der Waals surface area (Å²) in [6.45, 7) is 2.80. The summed E-state index contributed by atoms with van der Waals surface area (Å²) in [7, 11) is 1.67. The molecule has 0 aliphatic carbocycles. The van der Waals surface area contributed by atoms with E-state index in [1.54, 1.807) is 7.11 Å². The van der Waals surface area contributed by atoms with Crippen LogP contribution in [0.25, 0.3) is 11.3 Å². The lowest BCUT2D eigenvalue weighted by Crippen LogP contribution is -2.07. The van der Waals surface area contributed by atoms with Crippen LogP contribution < -0.4 is 4.74 Å². The first-order chi connectivity index (χ1) is 11.8. The van der Waals surface area contributed by atoms with E-state index in [0.29, 0.717) is 6.61 Å². The second-order valence-corrected chi connectivity index (χ2v) is 5.60. The Morgan fingerprint density at radius 2 is 1.88 bits per heavy atom. The molecule has 2 aromatic carbocycles. The Bertz CT molecular complexity index is 768. The van der Waals surface area contributed by atoms with Crippen LogP contribution in [0.5, 0.6) is 5.75 Å². The molecule has 0 saturated heterocycles. The van der Waals surface area contributed by atoms with E-state index >= 15 is 0 Å². The number of H-pyrrole nitrogens is 1. The minimum Gasteiger partial charge on any atom is -0.497 e. The van der Waals surface area contributed by atoms with Crippen molar-refractivity contribution in [3.8, 4) is 17.0 Å². The van der Waals surface area contributed by atoms with Crippen LogP contribution in [-0.4, -0.2) is 23.9 Å². The molecule has 0 radical (unpaired) electrons. The van der Waals surface area contributed by atoms with Crippen LogP contribution in [0.2, 0.25) is 0 Å². The summed E-state index contributed by atoms with van der Waals surface area (Å²) < 4.78 is 11.3. The molecule has 24 heavy (non-hydrogen) atoms. The summed E-state index contributed by atoms with van der Waals surface area (Å²) in [6.07, 6.45) is 0.804. The summed E-state index contributed by atoms with van der Waals surface area (Å²) in [6, 6.07) is 20.1. The van der Waals surface area contributed by atoms with E-state index in [0.717, 1.165) is 34.7 Å². The summed E-state index contributed by atoms with van der Waals surface area (Å²) in [5.74, 6) is 0.825. The largest absolute Gasteiger partial charge is 0.497 e. The number of rotatable bonds is 7. The molecule has 0 fully saturated rings. The van der Waals surface area contributed by atoms with Crippen molar-refractivity contribution in [3.63, 3.8) is 0 Å². The summed E-state index contributed by atoms with van der Waals surface area (Å²) in [5, 5.41) is 7.60. The summed E-state index contributed by atoms with van der Waals surface area (Å²) >= 11 is 0. The van der Waals surface area contributed by atoms with Gasteiger partial charge in [-0.15, -0.1) is 0 Å². The van der Waals surface area contributed by atoms with Gasteiger partial charge >= 0.3 is 0 Å². The van der Waals surface area contributed by atoms with E-state index in [1.807, 2.05) is 48.5 Å². The fourth-order valence-corrected chi connectivity index (χ4v) is 2.63. The minimum atomic E-state index is -0.165. The quantitative estimate of drug-likeness (QED) is 0.691. The molecule has 0 aliphatic heterocycles. The number of benzene rings is 2. The van der Waals surface area contributed by atoms with Gasteiger partial charge in [0.1, 0.15) is 11.9 Å². The molecule has 0 saturated carbocycles. The third kappa shape index (κ3) is 3.66. The van der Waals surface area contributed by atoms with Crippen LogP contribution in [0, 0.1) is 0 Å². The van der Waals surface area contributed by atoms with E-state index in [4.69, 9.17) is 9.47 Å². The lowest BCUT2D eigenvalue weighted by atomic mass is 10.1. The van der Waals surface area contributed by atoms with E-state index in [1.165, 1.54) is 0 Å². The molecular weight excluding hydrogens is 300 g/mol. The van der Waals surface area contributed by atoms with Gasteiger partial charge < -0.3 is 9.47 Å². The first-order valence-electron chi connectivity index (χ1n) is 8.18. The van der Waals surface area contributed by atoms with E-state index in [2.05, 4.69) is 29.3 Å². The van der Waals surface area contributed by atoms with Gasteiger partial charge in [0.05, 0.1) is 18.5 Å². The maximum absolute atomic E-state index is 6.05. The van der Waals surface area contributed by atoms with Gasteiger partial charge in [-0.3, -0.25) is 5.10 Å². The molecule has 0 bridgehead atoms. The lowest BCUT2D eigenvalue weighted by Gasteiger charge is -2.15. The highest BCUT2D eigenvalue weighted by Gasteiger charge is 2.18. The predicted octanol–water partition coefficient (Wildman–Crippen LogP) is 4.60. The number of nitrogens with one attached hydrogen (secondary N) is 1. The maximum Gasteiger partial charge on any atom is 0.126 e. The van der Waals surface area contributed by atoms with Crippen LogP contribution in [-0.2, 0) is 4.74 Å². The molecule has 0 aliphatic rings. The second kappa shape index (κ2) is 7.79. The van der Waals surface area contributed by atoms with Gasteiger partial charge in [0, 0.05) is 12.2 Å². The van der Waals surface area contributed by atoms with Crippen molar-refractivity contribution in [3.05, 3.63) is 71.9 Å². The molecule has 1 N–H and O–H groups in total. The van der Waals surface area contributed by atoms with Crippen LogP contribution in [0.4, 0.5) is 0 Å². The number of aromatic nitrogens is 2. The third-order valence-corrected chi connectivity index (χ3v) is 3.84. The molecule has 4 heteroatoms. The fourth-order valence-electron chi connectivity index (χ4n) is 2.63. The number of aromatic amines is 1. The first kappa shape index (κ1) is 16.3. The maximum atomic E-state index is 6.05. The SMILES string of the molecule is CCCOC(c1ccccc1)c1cc(-c2cccc(OC)c2)[nH]n1. The topological polar surface area (TPSA) is 47.1 Å². The highest BCUT2D eigenvalue weighted by Crippen LogP contribution is 2.29. The number of ether oxygens (including phenoxy) is 2. The van der Waals surface area contributed by atoms with Gasteiger partial charge in [-0.2, -0.15) is 5.10 Å². The number of methoxy groups -OCH3 is 1. The van der Waals surface area contributed by atoms with Crippen LogP contribution >= 0.6 is 0 Å². The predicted molar refractivity (Wildman–Crippen MR) is 95.1 cm³/mol. The van der Waals surface area contributed by atoms with Crippen molar-refractivity contribution in [2.75, 3.05) is 13.7 Å². The highest BCUT2D eigenvalue weighted by molar-refractivity contribution is 5.61. The van der Waals surface area contributed by atoms with Gasteiger partial charge in [-0.05, 0) is 30.2 Å². The Morgan fingerprint density at radius 3 is 2.62 bits per heavy atom. The van der Waals surface area contributed by atoms with E-state index in [9.17, 15) is 0 Å². The zero-order valence-corrected chi connectivity index (χ0v) is 14.0. The van der Waals surface area contributed by atoms with E-state index < -0.39 is 0 Å². The van der Waals surface area contributed by atoms with Gasteiger partial charge in [-0.25, -0.2) is 0 Å². The van der Waals surface area contributed by atoms with Crippen molar-refractivity contribution in [2.45, 2.75) is 19.4 Å². The molecule has 1 heterocycles. The Kier molecular flexibility index (Phi) is 5.29. The monoisotopic (exact) mass is 322 g/mol. The molecule has 0 amide bonds. The standard InChI is InChI=1S/C20H22N2O2/c1-3-12-24-20(15-8-5-4-6-9-15)19-14-18(21-22-19)16-10-7-11-17(13-16)23-2/h4-11,13-14,20H,3,12H2,1-2H3,(H,21,22). The van der Waals surface area contributed by atoms with Crippen molar-refractivity contribution in [1.82, 2.24) is 10.2 Å². The lowest BCUT2D eigenvalue weighted by molar-refractivity contribution is 0.0778. The number of hydrogen-bond acceptors (Lipinski definition) is 3. The summed E-state index contributed by atoms with van der Waals surface area (Å²) in [5.41, 5.74) is 3.97. The average Bonchev–Trinajstić information content (AvgIpc) is 3.13. The molecular formula is C20H22N2O2. The summed E-state index contributed by atoms with van der Waals surface area (Å²) in [4.78, 5) is 0. The van der Waals surface area contributed by atoms with Gasteiger partial charge in [-0.1, -0.05) is 49.4 Å². The number of nitrogens with zero attached hydrogens (tertiary/aromatic N) is 1. The Morgan fingerprint density at radius 1 is 1.04 bits per heavy atom. The molecule has 1 atom stereocenters. The number of hydrogen-bond donors (Lipinski definition) is 1. The normalized spacial score (nSPS) is 12.1. The van der Waals surface area contributed by atoms with E-state index in [-0.39, 0.29) is 6.10 Å².